The van der Waals surface area contributed by atoms with Gasteiger partial charge in [-0.2, -0.15) is 0 Å². The summed E-state index contributed by atoms with van der Waals surface area (Å²) < 4.78 is 5.82. The molecule has 0 aromatic rings. The Balaban J connectivity index is 1.79. The van der Waals surface area contributed by atoms with Crippen LogP contribution < -0.4 is 0 Å². The van der Waals surface area contributed by atoms with E-state index in [9.17, 15) is 9.59 Å². The number of rotatable bonds is 9. The average Bonchev–Trinajstić information content (AvgIpc) is 3.07. The number of ketones is 1. The lowest BCUT2D eigenvalue weighted by Gasteiger charge is -2.55. The molecule has 3 unspecified atom stereocenters. The summed E-state index contributed by atoms with van der Waals surface area (Å²) in [5.41, 5.74) is 0.0662. The Hall–Kier alpha value is -0.483. The zero-order valence-corrected chi connectivity index (χ0v) is 21.9. The van der Waals surface area contributed by atoms with Crippen LogP contribution in [0.25, 0.3) is 0 Å². The second-order valence-electron chi connectivity index (χ2n) is 12.0. The van der Waals surface area contributed by atoms with Crippen molar-refractivity contribution in [1.82, 2.24) is 0 Å². The van der Waals surface area contributed by atoms with E-state index < -0.39 is 0 Å². The minimum atomic E-state index is -0.271. The summed E-state index contributed by atoms with van der Waals surface area (Å²) in [5.74, 6) is 4.01. The van der Waals surface area contributed by atoms with Crippen LogP contribution in [0.2, 0.25) is 6.55 Å². The predicted octanol–water partition coefficient (Wildman–Crippen LogP) is 6.52. The maximum atomic E-state index is 13.4. The topological polar surface area (TPSA) is 43.4 Å². The summed E-state index contributed by atoms with van der Waals surface area (Å²) in [6.07, 6.45) is 11.9. The number of Topliss-reactive ketones (excluding diaryl/α,β-unsaturated/α-hetero) is 1. The van der Waals surface area contributed by atoms with E-state index >= 15 is 0 Å². The van der Waals surface area contributed by atoms with Gasteiger partial charge in [-0.05, 0) is 86.0 Å². The highest BCUT2D eigenvalue weighted by molar-refractivity contribution is 6.24. The van der Waals surface area contributed by atoms with Crippen molar-refractivity contribution in [1.29, 1.82) is 0 Å². The predicted molar refractivity (Wildman–Crippen MR) is 128 cm³/mol. The second-order valence-corrected chi connectivity index (χ2v) is 12.6. The maximum absolute atomic E-state index is 13.4. The molecule has 0 spiro atoms. The van der Waals surface area contributed by atoms with E-state index in [4.69, 9.17) is 4.43 Å². The van der Waals surface area contributed by atoms with Crippen LogP contribution in [0.4, 0.5) is 0 Å². The van der Waals surface area contributed by atoms with E-state index in [1.807, 2.05) is 6.55 Å². The van der Waals surface area contributed by atoms with Crippen LogP contribution in [0.15, 0.2) is 0 Å². The van der Waals surface area contributed by atoms with Crippen molar-refractivity contribution >= 4 is 21.8 Å². The zero-order chi connectivity index (χ0) is 22.8. The van der Waals surface area contributed by atoms with E-state index in [1.165, 1.54) is 32.1 Å². The Morgan fingerprint density at radius 2 is 1.81 bits per heavy atom. The van der Waals surface area contributed by atoms with Crippen LogP contribution in [0, 0.1) is 46.3 Å². The first kappa shape index (κ1) is 25.1. The minimum absolute atomic E-state index is 0.111. The van der Waals surface area contributed by atoms with Crippen LogP contribution in [-0.2, 0) is 14.0 Å². The SMILES string of the molecule is C[Si]O[C@H]1CC[C@](C)(C2CC[C@@]3(C)C(CC[C@@H]3[C@H](C)CCC(C)C)C2CC=O)C(=O)C1. The molecule has 0 bridgehead atoms. The van der Waals surface area contributed by atoms with Gasteiger partial charge in [0.05, 0.1) is 6.10 Å². The first-order valence-corrected chi connectivity index (χ1v) is 14.4. The smallest absolute Gasteiger partial charge is 0.226 e. The average molecular weight is 447 g/mol. The normalized spacial score (nSPS) is 41.9. The van der Waals surface area contributed by atoms with E-state index in [0.29, 0.717) is 51.6 Å². The van der Waals surface area contributed by atoms with Gasteiger partial charge in [0.1, 0.15) is 12.1 Å². The third-order valence-electron chi connectivity index (χ3n) is 9.90. The van der Waals surface area contributed by atoms with Crippen molar-refractivity contribution in [2.45, 2.75) is 111 Å². The summed E-state index contributed by atoms with van der Waals surface area (Å²) >= 11 is 0. The monoisotopic (exact) mass is 446 g/mol. The third-order valence-corrected chi connectivity index (χ3v) is 10.5. The Labute approximate surface area is 193 Å². The lowest BCUT2D eigenvalue weighted by molar-refractivity contribution is -0.145. The summed E-state index contributed by atoms with van der Waals surface area (Å²) in [6, 6.07) is 0. The molecule has 0 amide bonds. The quantitative estimate of drug-likeness (QED) is 0.299. The molecule has 8 atom stereocenters. The fourth-order valence-electron chi connectivity index (χ4n) is 8.09. The largest absolute Gasteiger partial charge is 0.414 e. The highest BCUT2D eigenvalue weighted by Gasteiger charge is 2.58. The molecule has 176 valence electrons. The van der Waals surface area contributed by atoms with Crippen molar-refractivity contribution in [3.05, 3.63) is 0 Å². The van der Waals surface area contributed by atoms with Gasteiger partial charge in [0, 0.05) is 18.3 Å². The van der Waals surface area contributed by atoms with E-state index in [0.717, 1.165) is 43.3 Å². The van der Waals surface area contributed by atoms with Gasteiger partial charge in [0.25, 0.3) is 0 Å². The van der Waals surface area contributed by atoms with Crippen LogP contribution in [-0.4, -0.2) is 27.9 Å². The Kier molecular flexibility index (Phi) is 8.27. The first-order valence-electron chi connectivity index (χ1n) is 13.0. The van der Waals surface area contributed by atoms with Gasteiger partial charge >= 0.3 is 0 Å². The first-order chi connectivity index (χ1) is 14.7. The molecule has 3 aliphatic carbocycles. The highest BCUT2D eigenvalue weighted by atomic mass is 28.2. The Bertz CT molecular complexity index is 634. The van der Waals surface area contributed by atoms with Crippen molar-refractivity contribution in [2.75, 3.05) is 0 Å². The Morgan fingerprint density at radius 3 is 2.42 bits per heavy atom. The molecule has 0 saturated heterocycles. The number of fused-ring (bicyclic) bond motifs is 1. The highest BCUT2D eigenvalue weighted by Crippen LogP contribution is 2.64. The van der Waals surface area contributed by atoms with Crippen LogP contribution in [0.5, 0.6) is 0 Å². The molecule has 0 aliphatic heterocycles. The summed E-state index contributed by atoms with van der Waals surface area (Å²) in [6.45, 7) is 13.9. The van der Waals surface area contributed by atoms with Crippen LogP contribution in [0.1, 0.15) is 98.8 Å². The summed E-state index contributed by atoms with van der Waals surface area (Å²) in [4.78, 5) is 25.2. The van der Waals surface area contributed by atoms with E-state index in [1.54, 1.807) is 0 Å². The van der Waals surface area contributed by atoms with Gasteiger partial charge in [-0.3, -0.25) is 4.79 Å². The molecule has 0 heterocycles. The van der Waals surface area contributed by atoms with Crippen LogP contribution in [0.3, 0.4) is 0 Å². The standard InChI is InChI=1S/C27H46O3Si/c1-18(2)7-8-19(3)22-9-10-23-21(13-16-28)24(12-15-26(22,23)4)27(5)14-11-20(30-31-6)17-25(27)29/h16,18-24H,7-15,17H2,1-6H3/t19-,20+,21?,22-,23?,24?,26-,27-/m1/s1. The fraction of sp³-hybridized carbons (Fsp3) is 0.926. The van der Waals surface area contributed by atoms with Gasteiger partial charge in [0.15, 0.2) is 0 Å². The molecule has 3 nitrogen and oxygen atoms in total. The summed E-state index contributed by atoms with van der Waals surface area (Å²) in [7, 11) is 0.452. The van der Waals surface area contributed by atoms with Crippen molar-refractivity contribution in [3.63, 3.8) is 0 Å². The van der Waals surface area contributed by atoms with Gasteiger partial charge in [0.2, 0.25) is 9.76 Å². The second kappa shape index (κ2) is 10.2. The number of aldehydes is 1. The van der Waals surface area contributed by atoms with Gasteiger partial charge < -0.3 is 9.22 Å². The van der Waals surface area contributed by atoms with Crippen molar-refractivity contribution < 1.29 is 14.0 Å². The minimum Gasteiger partial charge on any atom is -0.414 e. The molecule has 0 aromatic heterocycles. The van der Waals surface area contributed by atoms with E-state index in [2.05, 4.69) is 34.6 Å². The number of hydrogen-bond donors (Lipinski definition) is 0. The number of carbonyl (C=O) groups excluding carboxylic acids is 2. The van der Waals surface area contributed by atoms with Crippen LogP contribution >= 0.6 is 0 Å². The molecule has 3 rings (SSSR count). The fourth-order valence-corrected chi connectivity index (χ4v) is 8.63. The summed E-state index contributed by atoms with van der Waals surface area (Å²) in [5, 5.41) is 0. The number of carbonyl (C=O) groups is 2. The molecule has 0 N–H and O–H groups in total. The third kappa shape index (κ3) is 4.90. The lowest BCUT2D eigenvalue weighted by Crippen LogP contribution is -2.52. The van der Waals surface area contributed by atoms with Crippen molar-refractivity contribution in [3.8, 4) is 0 Å². The molecular formula is C27H46O3Si. The maximum Gasteiger partial charge on any atom is 0.226 e. The molecule has 3 fully saturated rings. The van der Waals surface area contributed by atoms with Gasteiger partial charge in [-0.25, -0.2) is 0 Å². The molecule has 3 aliphatic rings. The molecular weight excluding hydrogens is 400 g/mol. The zero-order valence-electron chi connectivity index (χ0n) is 20.9. The molecule has 0 aromatic carbocycles. The molecule has 31 heavy (non-hydrogen) atoms. The van der Waals surface area contributed by atoms with Gasteiger partial charge in [-0.1, -0.05) is 47.5 Å². The molecule has 4 heteroatoms. The molecule has 3 saturated carbocycles. The Morgan fingerprint density at radius 1 is 1.06 bits per heavy atom. The lowest BCUT2D eigenvalue weighted by atomic mass is 9.49. The van der Waals surface area contributed by atoms with Gasteiger partial charge in [-0.15, -0.1) is 0 Å². The van der Waals surface area contributed by atoms with E-state index in [-0.39, 0.29) is 11.5 Å². The van der Waals surface area contributed by atoms with Crippen molar-refractivity contribution in [2.24, 2.45) is 46.3 Å². The molecule has 2 radical (unpaired) electrons. The number of hydrogen-bond acceptors (Lipinski definition) is 3.